The number of nitriles is 1. The molecule has 0 saturated heterocycles. The van der Waals surface area contributed by atoms with Crippen LogP contribution in [-0.2, 0) is 6.42 Å². The van der Waals surface area contributed by atoms with Crippen LogP contribution in [0.25, 0.3) is 5.69 Å². The molecule has 2 rings (SSSR count). The molecule has 0 radical (unpaired) electrons. The van der Waals surface area contributed by atoms with Gasteiger partial charge in [-0.05, 0) is 11.6 Å². The lowest BCUT2D eigenvalue weighted by Gasteiger charge is -2.06. The maximum Gasteiger partial charge on any atom is 0.349 e. The average molecular weight is 228 g/mol. The number of benzene rings is 1. The molecule has 6 nitrogen and oxygen atoms in total. The minimum Gasteiger partial charge on any atom is -0.271 e. The molecular formula is C11H8N4O2. The Morgan fingerprint density at radius 1 is 1.35 bits per heavy atom. The fraction of sp³-hybridized carbons (Fsp3) is 0.0909. The zero-order valence-electron chi connectivity index (χ0n) is 8.75. The van der Waals surface area contributed by atoms with Crippen LogP contribution in [0.4, 0.5) is 0 Å². The molecule has 1 N–H and O–H groups in total. The van der Waals surface area contributed by atoms with Gasteiger partial charge < -0.3 is 0 Å². The Balaban J connectivity index is 2.65. The van der Waals surface area contributed by atoms with Gasteiger partial charge in [0.1, 0.15) is 6.20 Å². The Morgan fingerprint density at radius 2 is 2.12 bits per heavy atom. The molecule has 0 amide bonds. The fourth-order valence-electron chi connectivity index (χ4n) is 1.48. The van der Waals surface area contributed by atoms with Gasteiger partial charge in [0.05, 0.1) is 18.2 Å². The van der Waals surface area contributed by atoms with Crippen molar-refractivity contribution in [1.82, 2.24) is 14.8 Å². The van der Waals surface area contributed by atoms with Gasteiger partial charge in [0.25, 0.3) is 5.56 Å². The fourth-order valence-corrected chi connectivity index (χ4v) is 1.48. The third kappa shape index (κ3) is 2.13. The summed E-state index contributed by atoms with van der Waals surface area (Å²) in [6.45, 7) is 0. The van der Waals surface area contributed by atoms with Crippen molar-refractivity contribution >= 4 is 0 Å². The number of nitrogens with one attached hydrogen (secondary N) is 1. The average Bonchev–Trinajstić information content (AvgIpc) is 2.31. The van der Waals surface area contributed by atoms with Crippen LogP contribution in [0.1, 0.15) is 5.56 Å². The van der Waals surface area contributed by atoms with Crippen molar-refractivity contribution in [3.8, 4) is 11.8 Å². The van der Waals surface area contributed by atoms with E-state index in [2.05, 4.69) is 10.1 Å². The lowest BCUT2D eigenvalue weighted by molar-refractivity contribution is 0.744. The monoisotopic (exact) mass is 228 g/mol. The largest absolute Gasteiger partial charge is 0.349 e. The number of para-hydroxylation sites is 1. The first kappa shape index (κ1) is 10.8. The maximum absolute atomic E-state index is 11.6. The molecule has 17 heavy (non-hydrogen) atoms. The predicted molar refractivity (Wildman–Crippen MR) is 59.8 cm³/mol. The molecule has 1 heterocycles. The molecule has 1 aromatic carbocycles. The van der Waals surface area contributed by atoms with Crippen LogP contribution in [0.3, 0.4) is 0 Å². The molecule has 0 saturated carbocycles. The van der Waals surface area contributed by atoms with Gasteiger partial charge in [0.2, 0.25) is 0 Å². The second-order valence-corrected chi connectivity index (χ2v) is 3.31. The summed E-state index contributed by atoms with van der Waals surface area (Å²) in [5, 5.41) is 12.4. The van der Waals surface area contributed by atoms with E-state index in [-0.39, 0.29) is 6.42 Å². The van der Waals surface area contributed by atoms with Gasteiger partial charge in [-0.3, -0.25) is 9.78 Å². The molecule has 0 spiro atoms. The van der Waals surface area contributed by atoms with Crippen LogP contribution < -0.4 is 11.2 Å². The Kier molecular flexibility index (Phi) is 2.83. The summed E-state index contributed by atoms with van der Waals surface area (Å²) in [6, 6.07) is 8.91. The van der Waals surface area contributed by atoms with E-state index in [0.717, 1.165) is 10.9 Å². The molecular weight excluding hydrogens is 220 g/mol. The number of hydrogen-bond acceptors (Lipinski definition) is 4. The highest BCUT2D eigenvalue weighted by Gasteiger charge is 2.06. The standard InChI is InChI=1S/C11H8N4O2/c12-6-5-8-3-1-2-4-9(8)15-11(17)14-10(16)7-13-15/h1-4,7H,5H2,(H,14,16,17). The molecule has 0 aliphatic carbocycles. The van der Waals surface area contributed by atoms with E-state index in [1.807, 2.05) is 6.07 Å². The van der Waals surface area contributed by atoms with Crippen LogP contribution >= 0.6 is 0 Å². The van der Waals surface area contributed by atoms with Crippen molar-refractivity contribution < 1.29 is 0 Å². The molecule has 0 fully saturated rings. The summed E-state index contributed by atoms with van der Waals surface area (Å²) < 4.78 is 1.06. The van der Waals surface area contributed by atoms with Gasteiger partial charge in [-0.15, -0.1) is 0 Å². The van der Waals surface area contributed by atoms with Crippen LogP contribution in [0, 0.1) is 11.3 Å². The Morgan fingerprint density at radius 3 is 2.82 bits per heavy atom. The highest BCUT2D eigenvalue weighted by molar-refractivity contribution is 5.41. The summed E-state index contributed by atoms with van der Waals surface area (Å²) >= 11 is 0. The molecule has 0 atom stereocenters. The van der Waals surface area contributed by atoms with Crippen LogP contribution in [0.5, 0.6) is 0 Å². The van der Waals surface area contributed by atoms with Crippen LogP contribution in [0.15, 0.2) is 40.1 Å². The number of rotatable bonds is 2. The van der Waals surface area contributed by atoms with Gasteiger partial charge in [0, 0.05) is 0 Å². The molecule has 0 aliphatic rings. The summed E-state index contributed by atoms with van der Waals surface area (Å²) in [5.41, 5.74) is -0.00106. The van der Waals surface area contributed by atoms with E-state index < -0.39 is 11.2 Å². The molecule has 1 aromatic heterocycles. The van der Waals surface area contributed by atoms with E-state index in [0.29, 0.717) is 11.3 Å². The molecule has 0 bridgehead atoms. The van der Waals surface area contributed by atoms with Gasteiger partial charge in [-0.1, -0.05) is 18.2 Å². The Hall–Kier alpha value is -2.68. The SMILES string of the molecule is N#CCc1ccccc1-n1ncc(=O)[nH]c1=O. The predicted octanol–water partition coefficient (Wildman–Crippen LogP) is -0.0131. The first-order valence-corrected chi connectivity index (χ1v) is 4.86. The summed E-state index contributed by atoms with van der Waals surface area (Å²) in [7, 11) is 0. The maximum atomic E-state index is 11.6. The minimum atomic E-state index is -0.622. The smallest absolute Gasteiger partial charge is 0.271 e. The van der Waals surface area contributed by atoms with E-state index in [1.165, 1.54) is 0 Å². The third-order valence-electron chi connectivity index (χ3n) is 2.20. The first-order chi connectivity index (χ1) is 8.22. The van der Waals surface area contributed by atoms with Crippen molar-refractivity contribution in [3.63, 3.8) is 0 Å². The minimum absolute atomic E-state index is 0.170. The zero-order chi connectivity index (χ0) is 12.3. The Labute approximate surface area is 95.8 Å². The van der Waals surface area contributed by atoms with Crippen molar-refractivity contribution in [2.45, 2.75) is 6.42 Å². The number of aromatic nitrogens is 3. The lowest BCUT2D eigenvalue weighted by Crippen LogP contribution is -2.30. The highest BCUT2D eigenvalue weighted by Crippen LogP contribution is 2.11. The van der Waals surface area contributed by atoms with Crippen LogP contribution in [0.2, 0.25) is 0 Å². The molecule has 84 valence electrons. The number of H-pyrrole nitrogens is 1. The van der Waals surface area contributed by atoms with E-state index in [1.54, 1.807) is 24.3 Å². The number of hydrogen-bond donors (Lipinski definition) is 1. The molecule has 6 heteroatoms. The summed E-state index contributed by atoms with van der Waals surface area (Å²) in [5.74, 6) is 0. The quantitative estimate of drug-likeness (QED) is 0.782. The zero-order valence-corrected chi connectivity index (χ0v) is 8.75. The van der Waals surface area contributed by atoms with E-state index in [4.69, 9.17) is 5.26 Å². The van der Waals surface area contributed by atoms with Crippen molar-refractivity contribution in [2.75, 3.05) is 0 Å². The summed E-state index contributed by atoms with van der Waals surface area (Å²) in [6.07, 6.45) is 1.19. The van der Waals surface area contributed by atoms with E-state index >= 15 is 0 Å². The third-order valence-corrected chi connectivity index (χ3v) is 2.20. The van der Waals surface area contributed by atoms with E-state index in [9.17, 15) is 9.59 Å². The molecule has 2 aromatic rings. The second-order valence-electron chi connectivity index (χ2n) is 3.31. The van der Waals surface area contributed by atoms with Crippen molar-refractivity contribution in [1.29, 1.82) is 5.26 Å². The van der Waals surface area contributed by atoms with Crippen LogP contribution in [-0.4, -0.2) is 14.8 Å². The van der Waals surface area contributed by atoms with Crippen molar-refractivity contribution in [2.24, 2.45) is 0 Å². The lowest BCUT2D eigenvalue weighted by atomic mass is 10.1. The second kappa shape index (κ2) is 4.45. The normalized spacial score (nSPS) is 9.82. The first-order valence-electron chi connectivity index (χ1n) is 4.86. The topological polar surface area (TPSA) is 91.5 Å². The van der Waals surface area contributed by atoms with Gasteiger partial charge in [-0.25, -0.2) is 4.79 Å². The van der Waals surface area contributed by atoms with Gasteiger partial charge >= 0.3 is 5.69 Å². The summed E-state index contributed by atoms with van der Waals surface area (Å²) in [4.78, 5) is 24.6. The highest BCUT2D eigenvalue weighted by atomic mass is 16.2. The van der Waals surface area contributed by atoms with Crippen molar-refractivity contribution in [3.05, 3.63) is 56.9 Å². The molecule has 0 unspecified atom stereocenters. The molecule has 0 aliphatic heterocycles. The number of nitrogens with zero attached hydrogens (tertiary/aromatic N) is 3. The number of aromatic amines is 1. The Bertz CT molecular complexity index is 693. The van der Waals surface area contributed by atoms with Gasteiger partial charge in [0.15, 0.2) is 0 Å². The van der Waals surface area contributed by atoms with Gasteiger partial charge in [-0.2, -0.15) is 15.0 Å².